The second-order valence-electron chi connectivity index (χ2n) is 28.1. The molecule has 0 N–H and O–H groups in total. The number of para-hydroxylation sites is 3. The van der Waals surface area contributed by atoms with Crippen LogP contribution in [0.4, 0.5) is 78.1 Å². The number of nitrogens with zero attached hydrogens (tertiary/aromatic N) is 17. The van der Waals surface area contributed by atoms with Gasteiger partial charge in [0.1, 0.15) is 72.5 Å². The van der Waals surface area contributed by atoms with E-state index >= 15 is 0 Å². The number of fused-ring (bicyclic) bond motifs is 4. The van der Waals surface area contributed by atoms with Crippen molar-refractivity contribution in [2.24, 2.45) is 0 Å². The standard InChI is InChI=1S/C23H21N5O3.2C22H21FN4O3.C22H22N4O3/c24-14-17-4-5-22-21(12-17)28(8-11-30-22)23-25-15-20(16-26-23)31-19-3-1-2-18(13-19)27-6-9-29-10-7-27;23-19-5-2-6-20-21(19)29-12-9-27(20)22-24-14-18(15-25-22)30-17-4-1-3-16(13-17)26-7-10-28-11-8-26;23-16-4-5-21-20(12-16)27(8-11-29-21)22-24-14-19(15-25-22)30-18-3-1-2-17(13-18)26-6-9-28-10-7-26;1-2-7-21-20(6-1)26(10-13-28-21)22-23-15-19(16-24-22)29-18-5-3-4-17(14-18)25-8-11-27-12-9-25/h1-5,12-13,15-16H,6-11H2;1-6,13-15H,7-12H2;1-5,12-15H,6-11H2;1-7,14-16H,8-13H2. The summed E-state index contributed by atoms with van der Waals surface area (Å²) in [5.74, 6) is 8.97. The highest BCUT2D eigenvalue weighted by Gasteiger charge is 2.29. The number of benzene rings is 8. The Morgan fingerprint density at radius 1 is 0.283 bits per heavy atom. The molecule has 4 fully saturated rings. The molecule has 20 rings (SSSR count). The van der Waals surface area contributed by atoms with Gasteiger partial charge < -0.3 is 96.0 Å². The van der Waals surface area contributed by atoms with Crippen molar-refractivity contribution in [3.05, 3.63) is 243 Å². The first-order valence-electron chi connectivity index (χ1n) is 39.7. The summed E-state index contributed by atoms with van der Waals surface area (Å²) < 4.78 is 95.7. The molecule has 0 atom stereocenters. The predicted molar refractivity (Wildman–Crippen MR) is 447 cm³/mol. The molecule has 4 aromatic heterocycles. The summed E-state index contributed by atoms with van der Waals surface area (Å²) >= 11 is 0. The quantitative estimate of drug-likeness (QED) is 0.0870. The Morgan fingerprint density at radius 3 is 0.983 bits per heavy atom. The number of hydrogen-bond donors (Lipinski definition) is 0. The van der Waals surface area contributed by atoms with Gasteiger partial charge in [-0.25, -0.2) is 48.7 Å². The molecule has 0 saturated carbocycles. The van der Waals surface area contributed by atoms with E-state index in [9.17, 15) is 14.0 Å². The zero-order valence-corrected chi connectivity index (χ0v) is 65.6. The van der Waals surface area contributed by atoms with E-state index in [-0.39, 0.29) is 11.6 Å². The number of morpholine rings is 4. The molecule has 4 saturated heterocycles. The molecule has 8 aliphatic rings. The summed E-state index contributed by atoms with van der Waals surface area (Å²) in [4.78, 5) is 52.5. The second-order valence-corrected chi connectivity index (χ2v) is 28.1. The van der Waals surface area contributed by atoms with Crippen LogP contribution >= 0.6 is 0 Å². The number of halogens is 2. The minimum Gasteiger partial charge on any atom is -0.490 e. The summed E-state index contributed by atoms with van der Waals surface area (Å²) in [5, 5.41) is 9.21. The van der Waals surface area contributed by atoms with Crippen LogP contribution in [0.2, 0.25) is 0 Å². The lowest BCUT2D eigenvalue weighted by Gasteiger charge is -2.29. The van der Waals surface area contributed by atoms with Gasteiger partial charge in [0, 0.05) is 105 Å². The van der Waals surface area contributed by atoms with Gasteiger partial charge in [-0.3, -0.25) is 0 Å². The van der Waals surface area contributed by atoms with E-state index < -0.39 is 5.82 Å². The first-order valence-corrected chi connectivity index (χ1v) is 39.7. The van der Waals surface area contributed by atoms with Crippen molar-refractivity contribution in [3.63, 3.8) is 0 Å². The van der Waals surface area contributed by atoms with Crippen molar-refractivity contribution in [1.82, 2.24) is 39.9 Å². The van der Waals surface area contributed by atoms with Gasteiger partial charge in [0.25, 0.3) is 0 Å². The van der Waals surface area contributed by atoms with Crippen LogP contribution in [-0.4, -0.2) is 198 Å². The van der Waals surface area contributed by atoms with E-state index in [0.717, 1.165) is 157 Å². The number of nitriles is 1. The zero-order chi connectivity index (χ0) is 81.2. The molecule has 8 aromatic carbocycles. The molecule has 0 radical (unpaired) electrons. The van der Waals surface area contributed by atoms with Gasteiger partial charge in [0.05, 0.1) is 163 Å². The molecule has 12 heterocycles. The minimum absolute atomic E-state index is 0.229. The third-order valence-electron chi connectivity index (χ3n) is 20.4. The number of ether oxygens (including phenoxy) is 12. The zero-order valence-electron chi connectivity index (χ0n) is 65.6. The molecule has 0 unspecified atom stereocenters. The van der Waals surface area contributed by atoms with Gasteiger partial charge in [0.2, 0.25) is 23.8 Å². The van der Waals surface area contributed by atoms with Gasteiger partial charge >= 0.3 is 0 Å². The van der Waals surface area contributed by atoms with E-state index in [0.29, 0.717) is 139 Å². The van der Waals surface area contributed by atoms with Crippen molar-refractivity contribution in [3.8, 4) is 75.1 Å². The topological polar surface area (TPSA) is 264 Å². The van der Waals surface area contributed by atoms with Crippen LogP contribution < -0.4 is 77.1 Å². The SMILES string of the molecule is Fc1ccc2c(c1)N(c1ncc(Oc3cccc(N4CCOCC4)c3)cn1)CCO2.Fc1cccc2c1OCCN2c1ncc(Oc2cccc(N3CCOCC3)c2)cn1.N#Cc1ccc2c(c1)N(c1ncc(Oc3cccc(N4CCOCC4)c3)cn1)CCO2.c1cc(Oc2cnc(N3CCOc4ccccc43)nc2)cc(N2CCOCC2)c1. The van der Waals surface area contributed by atoms with E-state index in [2.05, 4.69) is 94.7 Å². The lowest BCUT2D eigenvalue weighted by Crippen LogP contribution is -2.36. The molecule has 0 aliphatic carbocycles. The van der Waals surface area contributed by atoms with E-state index in [1.807, 2.05) is 112 Å². The average molecular weight is 1620 g/mol. The van der Waals surface area contributed by atoms with Gasteiger partial charge in [-0.1, -0.05) is 42.5 Å². The molecular formula is C89H85F2N17O12. The molecule has 120 heavy (non-hydrogen) atoms. The highest BCUT2D eigenvalue weighted by molar-refractivity contribution is 5.71. The van der Waals surface area contributed by atoms with E-state index in [4.69, 9.17) is 56.8 Å². The van der Waals surface area contributed by atoms with Crippen LogP contribution in [0.5, 0.6) is 69.0 Å². The highest BCUT2D eigenvalue weighted by Crippen LogP contribution is 2.42. The number of rotatable bonds is 16. The number of anilines is 12. The van der Waals surface area contributed by atoms with Crippen molar-refractivity contribution in [2.45, 2.75) is 0 Å². The highest BCUT2D eigenvalue weighted by atomic mass is 19.1. The third kappa shape index (κ3) is 19.3. The van der Waals surface area contributed by atoms with Crippen molar-refractivity contribution in [1.29, 1.82) is 5.26 Å². The van der Waals surface area contributed by atoms with Gasteiger partial charge in [-0.2, -0.15) is 5.26 Å². The van der Waals surface area contributed by atoms with Crippen LogP contribution in [0, 0.1) is 23.0 Å². The first kappa shape index (κ1) is 78.6. The van der Waals surface area contributed by atoms with Crippen LogP contribution in [0.3, 0.4) is 0 Å². The summed E-state index contributed by atoms with van der Waals surface area (Å²) in [6.45, 7) is 17.2. The maximum Gasteiger partial charge on any atom is 0.230 e. The van der Waals surface area contributed by atoms with Crippen molar-refractivity contribution >= 4 is 69.3 Å². The lowest BCUT2D eigenvalue weighted by molar-refractivity contribution is 0.122. The molecule has 0 spiro atoms. The van der Waals surface area contributed by atoms with Gasteiger partial charge in [-0.05, 0) is 103 Å². The van der Waals surface area contributed by atoms with Crippen molar-refractivity contribution in [2.75, 3.05) is 197 Å². The molecule has 8 aliphatic heterocycles. The Morgan fingerprint density at radius 2 is 0.600 bits per heavy atom. The van der Waals surface area contributed by atoms with Crippen LogP contribution in [0.15, 0.2) is 225 Å². The average Bonchev–Trinajstić information content (AvgIpc) is 0.807. The van der Waals surface area contributed by atoms with Crippen LogP contribution in [-0.2, 0) is 18.9 Å². The predicted octanol–water partition coefficient (Wildman–Crippen LogP) is 14.7. The van der Waals surface area contributed by atoms with Gasteiger partial charge in [-0.15, -0.1) is 0 Å². The first-order chi connectivity index (χ1) is 59.2. The maximum absolute atomic E-state index is 14.0. The number of hydrogen-bond acceptors (Lipinski definition) is 29. The minimum atomic E-state index is -0.391. The molecule has 612 valence electrons. The summed E-state index contributed by atoms with van der Waals surface area (Å²) in [6, 6.07) is 56.6. The lowest BCUT2D eigenvalue weighted by atomic mass is 10.1. The molecule has 31 heteroatoms. The summed E-state index contributed by atoms with van der Waals surface area (Å²) in [7, 11) is 0. The Labute approximate surface area is 691 Å². The Kier molecular flexibility index (Phi) is 24.9. The van der Waals surface area contributed by atoms with E-state index in [1.54, 1.807) is 86.0 Å². The number of aromatic nitrogens is 8. The largest absolute Gasteiger partial charge is 0.490 e. The summed E-state index contributed by atoms with van der Waals surface area (Å²) in [6.07, 6.45) is 13.2. The monoisotopic (exact) mass is 1620 g/mol. The fraction of sp³-hybridized carbons (Fsp3) is 0.270. The molecule has 0 amide bonds. The van der Waals surface area contributed by atoms with Crippen LogP contribution in [0.25, 0.3) is 0 Å². The smallest absolute Gasteiger partial charge is 0.230 e. The molecule has 29 nitrogen and oxygen atoms in total. The van der Waals surface area contributed by atoms with Crippen molar-refractivity contribution < 1.29 is 65.6 Å². The molecular weight excluding hydrogens is 1540 g/mol. The second kappa shape index (κ2) is 38.0. The van der Waals surface area contributed by atoms with Gasteiger partial charge in [0.15, 0.2) is 34.6 Å². The Bertz CT molecular complexity index is 5370. The normalized spacial score (nSPS) is 15.9. The third-order valence-corrected chi connectivity index (χ3v) is 20.4. The Hall–Kier alpha value is -13.9. The fourth-order valence-electron chi connectivity index (χ4n) is 14.5. The molecule has 12 aromatic rings. The summed E-state index contributed by atoms with van der Waals surface area (Å²) in [5.41, 5.74) is 8.00. The van der Waals surface area contributed by atoms with Crippen LogP contribution in [0.1, 0.15) is 5.56 Å². The molecule has 0 bridgehead atoms. The Balaban J connectivity index is 0.000000114. The van der Waals surface area contributed by atoms with E-state index in [1.165, 1.54) is 18.2 Å². The maximum atomic E-state index is 14.0. The fourth-order valence-corrected chi connectivity index (χ4v) is 14.5.